The van der Waals surface area contributed by atoms with Crippen LogP contribution in [0.15, 0.2) is 24.3 Å². The van der Waals surface area contributed by atoms with Crippen LogP contribution in [0.1, 0.15) is 5.56 Å². The number of nitrogens with zero attached hydrogens (tertiary/aromatic N) is 1. The Morgan fingerprint density at radius 3 is 2.87 bits per heavy atom. The monoisotopic (exact) mass is 206 g/mol. The predicted octanol–water partition coefficient (Wildman–Crippen LogP) is 1.20. The van der Waals surface area contributed by atoms with E-state index in [0.717, 1.165) is 11.3 Å². The Labute approximate surface area is 88.5 Å². The van der Waals surface area contributed by atoms with Crippen LogP contribution in [0.2, 0.25) is 0 Å². The first-order valence-electron chi connectivity index (χ1n) is 4.96. The minimum atomic E-state index is -0.353. The van der Waals surface area contributed by atoms with E-state index in [4.69, 9.17) is 5.11 Å². The Morgan fingerprint density at radius 2 is 2.27 bits per heavy atom. The highest BCUT2D eigenvalue weighted by molar-refractivity contribution is 5.89. The third-order valence-corrected chi connectivity index (χ3v) is 2.42. The largest absolute Gasteiger partial charge is 0.389 e. The fourth-order valence-electron chi connectivity index (χ4n) is 1.55. The minimum Gasteiger partial charge on any atom is -0.389 e. The van der Waals surface area contributed by atoms with Gasteiger partial charge in [-0.3, -0.25) is 0 Å². The number of hydrogen-bond acceptors (Lipinski definition) is 2. The first kappa shape index (κ1) is 9.98. The molecule has 2 rings (SSSR count). The van der Waals surface area contributed by atoms with Crippen molar-refractivity contribution >= 4 is 11.7 Å². The van der Waals surface area contributed by atoms with E-state index in [1.165, 1.54) is 0 Å². The number of carbonyl (C=O) groups excluding carboxylic acids is 1. The normalized spacial score (nSPS) is 16.0. The van der Waals surface area contributed by atoms with Crippen molar-refractivity contribution in [2.45, 2.75) is 13.0 Å². The predicted molar refractivity (Wildman–Crippen MR) is 57.8 cm³/mol. The number of amides is 2. The molecule has 1 saturated heterocycles. The van der Waals surface area contributed by atoms with Crippen molar-refractivity contribution in [3.63, 3.8) is 0 Å². The van der Waals surface area contributed by atoms with E-state index in [1.807, 2.05) is 31.2 Å². The second-order valence-electron chi connectivity index (χ2n) is 3.86. The maximum atomic E-state index is 11.6. The summed E-state index contributed by atoms with van der Waals surface area (Å²) in [6, 6.07) is 7.49. The van der Waals surface area contributed by atoms with Gasteiger partial charge in [-0.05, 0) is 24.6 Å². The van der Waals surface area contributed by atoms with Gasteiger partial charge in [0.15, 0.2) is 0 Å². The Kier molecular flexibility index (Phi) is 2.60. The molecule has 4 nitrogen and oxygen atoms in total. The first-order valence-corrected chi connectivity index (χ1v) is 4.96. The zero-order valence-electron chi connectivity index (χ0n) is 8.60. The molecule has 0 atom stereocenters. The van der Waals surface area contributed by atoms with E-state index >= 15 is 0 Å². The molecule has 2 N–H and O–H groups in total. The molecule has 0 saturated carbocycles. The lowest BCUT2D eigenvalue weighted by molar-refractivity contribution is 0.0309. The van der Waals surface area contributed by atoms with Gasteiger partial charge in [-0.15, -0.1) is 0 Å². The number of aliphatic hydroxyl groups excluding tert-OH is 1. The van der Waals surface area contributed by atoms with E-state index in [-0.39, 0.29) is 12.1 Å². The highest BCUT2D eigenvalue weighted by Gasteiger charge is 2.28. The van der Waals surface area contributed by atoms with Crippen molar-refractivity contribution in [3.8, 4) is 0 Å². The van der Waals surface area contributed by atoms with Gasteiger partial charge in [0.2, 0.25) is 0 Å². The van der Waals surface area contributed by atoms with Crippen molar-refractivity contribution in [1.82, 2.24) is 4.90 Å². The maximum Gasteiger partial charge on any atom is 0.322 e. The summed E-state index contributed by atoms with van der Waals surface area (Å²) in [5.41, 5.74) is 1.90. The number of urea groups is 1. The van der Waals surface area contributed by atoms with Gasteiger partial charge in [-0.1, -0.05) is 12.1 Å². The summed E-state index contributed by atoms with van der Waals surface area (Å²) in [7, 11) is 0. The smallest absolute Gasteiger partial charge is 0.322 e. The molecular weight excluding hydrogens is 192 g/mol. The van der Waals surface area contributed by atoms with Crippen molar-refractivity contribution in [1.29, 1.82) is 0 Å². The summed E-state index contributed by atoms with van der Waals surface area (Å²) in [5, 5.41) is 11.8. The molecule has 0 spiro atoms. The number of carbonyl (C=O) groups is 1. The van der Waals surface area contributed by atoms with Gasteiger partial charge >= 0.3 is 6.03 Å². The van der Waals surface area contributed by atoms with Gasteiger partial charge in [0.25, 0.3) is 0 Å². The average molecular weight is 206 g/mol. The lowest BCUT2D eigenvalue weighted by atomic mass is 10.2. The molecule has 1 aliphatic rings. The van der Waals surface area contributed by atoms with Gasteiger partial charge in [-0.25, -0.2) is 4.79 Å². The van der Waals surface area contributed by atoms with E-state index in [9.17, 15) is 4.79 Å². The van der Waals surface area contributed by atoms with Crippen LogP contribution in [-0.4, -0.2) is 35.2 Å². The molecule has 80 valence electrons. The SMILES string of the molecule is Cc1cccc(NC(=O)N2CC(O)C2)c1. The molecule has 15 heavy (non-hydrogen) atoms. The third-order valence-electron chi connectivity index (χ3n) is 2.42. The molecule has 4 heteroatoms. The Morgan fingerprint density at radius 1 is 1.53 bits per heavy atom. The van der Waals surface area contributed by atoms with Crippen LogP contribution in [0.4, 0.5) is 10.5 Å². The van der Waals surface area contributed by atoms with E-state index in [2.05, 4.69) is 5.32 Å². The van der Waals surface area contributed by atoms with Crippen LogP contribution in [0, 0.1) is 6.92 Å². The summed E-state index contributed by atoms with van der Waals surface area (Å²) >= 11 is 0. The molecule has 0 aliphatic carbocycles. The Balaban J connectivity index is 1.94. The highest BCUT2D eigenvalue weighted by Crippen LogP contribution is 2.13. The van der Waals surface area contributed by atoms with Crippen molar-refractivity contribution in [3.05, 3.63) is 29.8 Å². The van der Waals surface area contributed by atoms with Gasteiger partial charge in [0.1, 0.15) is 0 Å². The number of aryl methyl sites for hydroxylation is 1. The number of benzene rings is 1. The van der Waals surface area contributed by atoms with E-state index in [1.54, 1.807) is 4.90 Å². The third kappa shape index (κ3) is 2.27. The van der Waals surface area contributed by atoms with Gasteiger partial charge in [-0.2, -0.15) is 0 Å². The van der Waals surface area contributed by atoms with Crippen LogP contribution in [0.5, 0.6) is 0 Å². The van der Waals surface area contributed by atoms with Crippen LogP contribution < -0.4 is 5.32 Å². The standard InChI is InChI=1S/C11H14N2O2/c1-8-3-2-4-9(5-8)12-11(15)13-6-10(14)7-13/h2-5,10,14H,6-7H2,1H3,(H,12,15). The molecule has 1 heterocycles. The van der Waals surface area contributed by atoms with E-state index < -0.39 is 0 Å². The summed E-state index contributed by atoms with van der Waals surface area (Å²) < 4.78 is 0. The molecule has 1 aliphatic heterocycles. The minimum absolute atomic E-state index is 0.147. The van der Waals surface area contributed by atoms with Gasteiger partial charge in [0.05, 0.1) is 19.2 Å². The summed E-state index contributed by atoms with van der Waals surface area (Å²) in [6.07, 6.45) is -0.353. The summed E-state index contributed by atoms with van der Waals surface area (Å²) in [5.74, 6) is 0. The van der Waals surface area contributed by atoms with Crippen molar-refractivity contribution in [2.24, 2.45) is 0 Å². The number of hydrogen-bond donors (Lipinski definition) is 2. The summed E-state index contributed by atoms with van der Waals surface area (Å²) in [4.78, 5) is 13.1. The van der Waals surface area contributed by atoms with Gasteiger partial charge in [0, 0.05) is 5.69 Å². The number of aliphatic hydroxyl groups is 1. The van der Waals surface area contributed by atoms with Crippen molar-refractivity contribution in [2.75, 3.05) is 18.4 Å². The zero-order valence-corrected chi connectivity index (χ0v) is 8.60. The quantitative estimate of drug-likeness (QED) is 0.725. The Hall–Kier alpha value is -1.55. The second kappa shape index (κ2) is 3.90. The lowest BCUT2D eigenvalue weighted by Crippen LogP contribution is -2.54. The van der Waals surface area contributed by atoms with Crippen LogP contribution in [-0.2, 0) is 0 Å². The van der Waals surface area contributed by atoms with Crippen LogP contribution in [0.3, 0.4) is 0 Å². The number of likely N-dealkylation sites (tertiary alicyclic amines) is 1. The second-order valence-corrected chi connectivity index (χ2v) is 3.86. The maximum absolute atomic E-state index is 11.6. The number of β-amino-alcohol motifs (C(OH)–C–C–N with tert-alkyl or cyclic N) is 1. The molecule has 0 bridgehead atoms. The fourth-order valence-corrected chi connectivity index (χ4v) is 1.55. The molecular formula is C11H14N2O2. The van der Waals surface area contributed by atoms with E-state index in [0.29, 0.717) is 13.1 Å². The molecule has 1 fully saturated rings. The molecule has 1 aromatic rings. The topological polar surface area (TPSA) is 52.6 Å². The number of anilines is 1. The highest BCUT2D eigenvalue weighted by atomic mass is 16.3. The number of rotatable bonds is 1. The number of nitrogens with one attached hydrogen (secondary N) is 1. The molecule has 0 radical (unpaired) electrons. The molecule has 0 unspecified atom stereocenters. The Bertz CT molecular complexity index is 373. The summed E-state index contributed by atoms with van der Waals surface area (Å²) in [6.45, 7) is 2.83. The first-order chi connectivity index (χ1) is 7.15. The van der Waals surface area contributed by atoms with Crippen LogP contribution in [0.25, 0.3) is 0 Å². The molecule has 1 aromatic carbocycles. The molecule has 2 amide bonds. The molecule has 0 aromatic heterocycles. The lowest BCUT2D eigenvalue weighted by Gasteiger charge is -2.35. The van der Waals surface area contributed by atoms with Crippen molar-refractivity contribution < 1.29 is 9.90 Å². The van der Waals surface area contributed by atoms with Crippen LogP contribution >= 0.6 is 0 Å². The zero-order chi connectivity index (χ0) is 10.8. The van der Waals surface area contributed by atoms with Gasteiger partial charge < -0.3 is 15.3 Å². The average Bonchev–Trinajstić information content (AvgIpc) is 2.13. The fraction of sp³-hybridized carbons (Fsp3) is 0.364.